The third-order valence-electron chi connectivity index (χ3n) is 11.5. The largest absolute Gasteiger partial charge is 0.394 e. The number of hydrogen-bond acceptors (Lipinski definition) is 20. The second kappa shape index (κ2) is 17.1. The number of fused-ring (bicyclic) bond motifs is 1. The third-order valence-corrected chi connectivity index (χ3v) is 11.5. The Bertz CT molecular complexity index is 1140. The van der Waals surface area contributed by atoms with Gasteiger partial charge in [-0.3, -0.25) is 0 Å². The molecule has 0 radical (unpaired) electrons. The van der Waals surface area contributed by atoms with E-state index in [0.29, 0.717) is 6.42 Å². The van der Waals surface area contributed by atoms with Crippen molar-refractivity contribution in [3.8, 4) is 0 Å². The zero-order valence-corrected chi connectivity index (χ0v) is 28.3. The fraction of sp³-hybridized carbons (Fsp3) is 1.00. The molecule has 23 atom stereocenters. The SMILES string of the molecule is OC[C@H]1O[C@@H](OC[C@H]2O[C@H](OC3CC4C(O)CC(O)CC4OC3C3CCC(O)C(O)C3)[C@H](O[C@@H]3OC[C@@H](O)[C@H](O)[C@H]3O)[C@@H](O)[C@H]2O)[C@H](O)[C@@H](O)[C@@H]1O. The zero-order chi connectivity index (χ0) is 37.6. The first-order valence-electron chi connectivity index (χ1n) is 18.0. The van der Waals surface area contributed by atoms with E-state index in [9.17, 15) is 66.4 Å². The highest BCUT2D eigenvalue weighted by Gasteiger charge is 2.54. The van der Waals surface area contributed by atoms with Crippen molar-refractivity contribution in [2.45, 2.75) is 167 Å². The zero-order valence-electron chi connectivity index (χ0n) is 28.3. The number of aliphatic hydroxyl groups excluding tert-OH is 13. The molecule has 0 spiro atoms. The number of hydrogen-bond donors (Lipinski definition) is 13. The minimum Gasteiger partial charge on any atom is -0.394 e. The van der Waals surface area contributed by atoms with Gasteiger partial charge in [-0.05, 0) is 44.4 Å². The Hall–Kier alpha value is -0.800. The van der Waals surface area contributed by atoms with E-state index in [1.54, 1.807) is 0 Å². The molecule has 6 rings (SSSR count). The first-order chi connectivity index (χ1) is 24.7. The molecular weight excluding hydrogens is 704 g/mol. The van der Waals surface area contributed by atoms with Gasteiger partial charge in [0.15, 0.2) is 18.9 Å². The molecule has 4 heterocycles. The molecule has 2 saturated carbocycles. The quantitative estimate of drug-likeness (QED) is 0.104. The van der Waals surface area contributed by atoms with Crippen LogP contribution >= 0.6 is 0 Å². The van der Waals surface area contributed by atoms with Crippen LogP contribution in [0.15, 0.2) is 0 Å². The average Bonchev–Trinajstić information content (AvgIpc) is 3.11. The summed E-state index contributed by atoms with van der Waals surface area (Å²) in [7, 11) is 0. The highest BCUT2D eigenvalue weighted by Crippen LogP contribution is 2.44. The lowest BCUT2D eigenvalue weighted by Gasteiger charge is -2.51. The van der Waals surface area contributed by atoms with E-state index in [-0.39, 0.29) is 38.0 Å². The van der Waals surface area contributed by atoms with Crippen LogP contribution in [0.5, 0.6) is 0 Å². The Balaban J connectivity index is 1.25. The normalized spacial score (nSPS) is 54.8. The van der Waals surface area contributed by atoms with E-state index < -0.39 is 154 Å². The van der Waals surface area contributed by atoms with Crippen molar-refractivity contribution in [2.24, 2.45) is 11.8 Å². The monoisotopic (exact) mass is 758 g/mol. The van der Waals surface area contributed by atoms with E-state index in [0.717, 1.165) is 0 Å². The van der Waals surface area contributed by atoms with Gasteiger partial charge in [0, 0.05) is 5.92 Å². The van der Waals surface area contributed by atoms with Crippen LogP contribution in [0.2, 0.25) is 0 Å². The predicted molar refractivity (Wildman–Crippen MR) is 165 cm³/mol. The number of aliphatic hydroxyl groups is 13. The summed E-state index contributed by atoms with van der Waals surface area (Å²) in [5.41, 5.74) is 0. The van der Waals surface area contributed by atoms with Crippen molar-refractivity contribution in [2.75, 3.05) is 19.8 Å². The summed E-state index contributed by atoms with van der Waals surface area (Å²) in [4.78, 5) is 0. The van der Waals surface area contributed by atoms with Gasteiger partial charge in [0.05, 0.1) is 62.5 Å². The van der Waals surface area contributed by atoms with Gasteiger partial charge in [-0.2, -0.15) is 0 Å². The molecule has 0 aromatic heterocycles. The Labute approximate surface area is 298 Å². The van der Waals surface area contributed by atoms with Crippen LogP contribution in [0.3, 0.4) is 0 Å². The van der Waals surface area contributed by atoms with E-state index >= 15 is 0 Å². The molecule has 302 valence electrons. The lowest BCUT2D eigenvalue weighted by atomic mass is 9.72. The summed E-state index contributed by atoms with van der Waals surface area (Å²) < 4.78 is 41.3. The van der Waals surface area contributed by atoms with Crippen LogP contribution in [-0.2, 0) is 33.2 Å². The van der Waals surface area contributed by atoms with Crippen LogP contribution in [0.25, 0.3) is 0 Å². The fourth-order valence-electron chi connectivity index (χ4n) is 8.32. The first kappa shape index (κ1) is 40.9. The number of rotatable bonds is 9. The molecule has 0 aromatic carbocycles. The Kier molecular flexibility index (Phi) is 13.5. The Morgan fingerprint density at radius 3 is 1.94 bits per heavy atom. The van der Waals surface area contributed by atoms with Crippen LogP contribution in [0.4, 0.5) is 0 Å². The molecule has 20 heteroatoms. The van der Waals surface area contributed by atoms with Gasteiger partial charge in [-0.1, -0.05) is 0 Å². The topological polar surface area (TPSA) is 328 Å². The van der Waals surface area contributed by atoms with Gasteiger partial charge >= 0.3 is 0 Å². The minimum atomic E-state index is -1.86. The van der Waals surface area contributed by atoms with Crippen LogP contribution in [-0.4, -0.2) is 215 Å². The van der Waals surface area contributed by atoms with Crippen molar-refractivity contribution in [3.63, 3.8) is 0 Å². The van der Waals surface area contributed by atoms with E-state index in [4.69, 9.17) is 33.2 Å². The van der Waals surface area contributed by atoms with Gasteiger partial charge in [0.25, 0.3) is 0 Å². The molecule has 9 unspecified atom stereocenters. The lowest BCUT2D eigenvalue weighted by molar-refractivity contribution is -0.376. The average molecular weight is 759 g/mol. The molecule has 4 aliphatic heterocycles. The van der Waals surface area contributed by atoms with Crippen molar-refractivity contribution >= 4 is 0 Å². The summed E-state index contributed by atoms with van der Waals surface area (Å²) in [6.07, 6.45) is -27.8. The maximum atomic E-state index is 11.4. The molecule has 4 saturated heterocycles. The molecule has 0 aromatic rings. The highest BCUT2D eigenvalue weighted by molar-refractivity contribution is 5.00. The molecule has 20 nitrogen and oxygen atoms in total. The summed E-state index contributed by atoms with van der Waals surface area (Å²) in [5, 5.41) is 136. The Morgan fingerprint density at radius 2 is 1.23 bits per heavy atom. The number of ether oxygens (including phenoxy) is 7. The molecular formula is C32H54O20. The summed E-state index contributed by atoms with van der Waals surface area (Å²) >= 11 is 0. The maximum absolute atomic E-state index is 11.4. The molecule has 6 fully saturated rings. The van der Waals surface area contributed by atoms with Crippen LogP contribution in [0, 0.1) is 11.8 Å². The van der Waals surface area contributed by atoms with Crippen LogP contribution < -0.4 is 0 Å². The van der Waals surface area contributed by atoms with Crippen molar-refractivity contribution in [1.82, 2.24) is 0 Å². The molecule has 13 N–H and O–H groups in total. The smallest absolute Gasteiger partial charge is 0.187 e. The van der Waals surface area contributed by atoms with Gasteiger partial charge < -0.3 is 99.5 Å². The van der Waals surface area contributed by atoms with E-state index in [1.165, 1.54) is 0 Å². The summed E-state index contributed by atoms with van der Waals surface area (Å²) in [6, 6.07) is 0. The summed E-state index contributed by atoms with van der Waals surface area (Å²) in [5.74, 6) is -0.878. The van der Waals surface area contributed by atoms with Crippen molar-refractivity contribution in [3.05, 3.63) is 0 Å². The van der Waals surface area contributed by atoms with Crippen molar-refractivity contribution in [1.29, 1.82) is 0 Å². The van der Waals surface area contributed by atoms with E-state index in [1.807, 2.05) is 0 Å². The minimum absolute atomic E-state index is 0.0925. The standard InChI is InChI=1S/C32H54O20/c33-7-19-22(40)24(42)27(45)30(50-19)47-9-20-23(41)25(43)29(52-31-26(44)21(39)16(38)8-46-31)32(51-20)49-18-6-12-14(36)4-11(34)5-17(12)48-28(18)10-1-2-13(35)15(37)3-10/h10-45H,1-9H2/t10?,11?,12?,13?,14?,15?,16-,17?,18?,19-,20-,21+,22-,23+,24+,25+,26-,27-,28?,29-,30-,31+,32+/m1/s1. The maximum Gasteiger partial charge on any atom is 0.187 e. The van der Waals surface area contributed by atoms with Gasteiger partial charge in [-0.25, -0.2) is 0 Å². The predicted octanol–water partition coefficient (Wildman–Crippen LogP) is -6.73. The molecule has 2 aliphatic carbocycles. The summed E-state index contributed by atoms with van der Waals surface area (Å²) in [6.45, 7) is -1.78. The third kappa shape index (κ3) is 8.47. The van der Waals surface area contributed by atoms with Crippen LogP contribution in [0.1, 0.15) is 38.5 Å². The first-order valence-corrected chi connectivity index (χ1v) is 18.0. The second-order valence-electron chi connectivity index (χ2n) is 15.0. The lowest BCUT2D eigenvalue weighted by Crippen LogP contribution is -2.65. The van der Waals surface area contributed by atoms with E-state index in [2.05, 4.69) is 0 Å². The van der Waals surface area contributed by atoms with Crippen molar-refractivity contribution < 1.29 is 99.5 Å². The van der Waals surface area contributed by atoms with Gasteiger partial charge in [0.2, 0.25) is 0 Å². The van der Waals surface area contributed by atoms with Gasteiger partial charge in [0.1, 0.15) is 67.1 Å². The Morgan fingerprint density at radius 1 is 0.538 bits per heavy atom. The highest BCUT2D eigenvalue weighted by atomic mass is 16.8. The molecule has 52 heavy (non-hydrogen) atoms. The fourth-order valence-corrected chi connectivity index (χ4v) is 8.32. The second-order valence-corrected chi connectivity index (χ2v) is 15.0. The molecule has 0 bridgehead atoms. The molecule has 6 aliphatic rings. The molecule has 0 amide bonds. The van der Waals surface area contributed by atoms with Gasteiger partial charge in [-0.15, -0.1) is 0 Å².